The monoisotopic (exact) mass is 427 g/mol. The molecule has 0 spiro atoms. The summed E-state index contributed by atoms with van der Waals surface area (Å²) in [4.78, 5) is 16.3. The predicted molar refractivity (Wildman–Crippen MR) is 106 cm³/mol. The van der Waals surface area contributed by atoms with Gasteiger partial charge in [0.05, 0.1) is 32.3 Å². The second kappa shape index (κ2) is 7.87. The van der Waals surface area contributed by atoms with Gasteiger partial charge in [-0.15, -0.1) is 0 Å². The fourth-order valence-corrected chi connectivity index (χ4v) is 3.27. The van der Waals surface area contributed by atoms with Gasteiger partial charge in [0.1, 0.15) is 6.07 Å². The maximum Gasteiger partial charge on any atom is 0.398 e. The van der Waals surface area contributed by atoms with E-state index in [9.17, 15) is 18.0 Å². The highest BCUT2D eigenvalue weighted by Gasteiger charge is 2.64. The van der Waals surface area contributed by atoms with Crippen LogP contribution in [-0.2, 0) is 23.1 Å². The minimum atomic E-state index is -4.29. The first-order chi connectivity index (χ1) is 15.5. The molecule has 6 nitrogen and oxygen atoms in total. The molecule has 1 aliphatic carbocycles. The Kier molecular flexibility index (Phi) is 4.60. The molecule has 158 valence electrons. The Morgan fingerprint density at radius 3 is 2.55 bits per heavy atom. The number of hydrogen-bond donors (Lipinski definition) is 1. The molecule has 9 heteroatoms. The number of carbonyl (C=O) groups excluding carboxylic acids is 1. The minimum Gasteiger partial charge on any atom is -0.309 e. The maximum atomic E-state index is 13.2. The molecule has 0 unspecified atom stereocenters. The fourth-order valence-electron chi connectivity index (χ4n) is 3.27. The molecule has 0 atom stereocenters. The highest BCUT2D eigenvalue weighted by molar-refractivity contribution is 5.91. The summed E-state index contributed by atoms with van der Waals surface area (Å²) in [6.45, 7) is -2.12. The SMILES string of the molecule is [2H]C([2H])(c1ccc(C#N)cn1)n1ccc(NC(=O)Cc2ccc(C3(C(F)(F)F)CC3)cc2)n1. The Bertz CT molecular complexity index is 1210. The van der Waals surface area contributed by atoms with Gasteiger partial charge in [-0.3, -0.25) is 14.5 Å². The van der Waals surface area contributed by atoms with Crippen molar-refractivity contribution >= 4 is 11.7 Å². The predicted octanol–water partition coefficient (Wildman–Crippen LogP) is 3.97. The normalized spacial score (nSPS) is 16.1. The van der Waals surface area contributed by atoms with Crippen molar-refractivity contribution in [3.05, 3.63) is 77.2 Å². The van der Waals surface area contributed by atoms with Gasteiger partial charge in [0.2, 0.25) is 5.91 Å². The van der Waals surface area contributed by atoms with Crippen molar-refractivity contribution in [1.29, 1.82) is 5.26 Å². The van der Waals surface area contributed by atoms with Gasteiger partial charge in [0, 0.05) is 18.5 Å². The first-order valence-electron chi connectivity index (χ1n) is 10.4. The number of nitrogens with zero attached hydrogens (tertiary/aromatic N) is 4. The molecule has 0 radical (unpaired) electrons. The summed E-state index contributed by atoms with van der Waals surface area (Å²) in [6, 6.07) is 12.0. The molecule has 1 N–H and O–H groups in total. The van der Waals surface area contributed by atoms with E-state index in [0.717, 1.165) is 4.68 Å². The average Bonchev–Trinajstić information content (AvgIpc) is 3.47. The lowest BCUT2D eigenvalue weighted by Crippen LogP contribution is -2.28. The summed E-state index contributed by atoms with van der Waals surface area (Å²) < 4.78 is 57.3. The van der Waals surface area contributed by atoms with Crippen molar-refractivity contribution in [2.24, 2.45) is 0 Å². The second-order valence-electron chi connectivity index (χ2n) is 7.30. The quantitative estimate of drug-likeness (QED) is 0.645. The van der Waals surface area contributed by atoms with E-state index >= 15 is 0 Å². The van der Waals surface area contributed by atoms with Crippen LogP contribution in [0.25, 0.3) is 0 Å². The number of halogens is 3. The summed E-state index contributed by atoms with van der Waals surface area (Å²) in [7, 11) is 0. The van der Waals surface area contributed by atoms with Crippen LogP contribution in [0.2, 0.25) is 0 Å². The maximum absolute atomic E-state index is 13.2. The molecule has 0 bridgehead atoms. The van der Waals surface area contributed by atoms with Crippen LogP contribution in [0.1, 0.15) is 38.0 Å². The van der Waals surface area contributed by atoms with E-state index < -0.39 is 24.0 Å². The van der Waals surface area contributed by atoms with Crippen molar-refractivity contribution in [3.8, 4) is 6.07 Å². The number of nitriles is 1. The van der Waals surface area contributed by atoms with Gasteiger partial charge in [-0.2, -0.15) is 23.5 Å². The molecular formula is C22H18F3N5O. The van der Waals surface area contributed by atoms with Crippen molar-refractivity contribution in [1.82, 2.24) is 14.8 Å². The molecule has 4 rings (SSSR count). The number of amides is 1. The van der Waals surface area contributed by atoms with E-state index in [1.54, 1.807) is 0 Å². The van der Waals surface area contributed by atoms with Gasteiger partial charge in [-0.1, -0.05) is 24.3 Å². The van der Waals surface area contributed by atoms with Crippen molar-refractivity contribution < 1.29 is 20.7 Å². The number of hydrogen-bond acceptors (Lipinski definition) is 4. The van der Waals surface area contributed by atoms with Crippen LogP contribution in [-0.4, -0.2) is 26.8 Å². The first-order valence-corrected chi connectivity index (χ1v) is 9.44. The zero-order valence-electron chi connectivity index (χ0n) is 18.1. The third-order valence-corrected chi connectivity index (χ3v) is 5.14. The van der Waals surface area contributed by atoms with Crippen LogP contribution in [0.5, 0.6) is 0 Å². The van der Waals surface area contributed by atoms with E-state index in [2.05, 4.69) is 15.4 Å². The zero-order chi connectivity index (χ0) is 23.9. The molecule has 2 aromatic heterocycles. The molecule has 2 heterocycles. The van der Waals surface area contributed by atoms with Gasteiger partial charge in [-0.25, -0.2) is 0 Å². The molecule has 1 saturated carbocycles. The van der Waals surface area contributed by atoms with Crippen molar-refractivity contribution in [2.75, 3.05) is 5.32 Å². The number of nitrogens with one attached hydrogen (secondary N) is 1. The second-order valence-corrected chi connectivity index (χ2v) is 7.30. The van der Waals surface area contributed by atoms with Gasteiger partial charge >= 0.3 is 6.18 Å². The Hall–Kier alpha value is -3.67. The number of alkyl halides is 3. The standard InChI is InChI=1S/C22H18F3N5O/c23-22(24,25)21(8-9-21)17-4-1-15(2-5-17)11-20(31)28-19-7-10-30(29-19)14-18-6-3-16(12-26)13-27-18/h1-7,10,13H,8-9,11,14H2,(H,28,29,31)/i14D2. The number of carbonyl (C=O) groups is 1. The first kappa shape index (κ1) is 18.1. The van der Waals surface area contributed by atoms with E-state index in [1.807, 2.05) is 6.07 Å². The minimum absolute atomic E-state index is 0.0369. The van der Waals surface area contributed by atoms with Crippen LogP contribution >= 0.6 is 0 Å². The van der Waals surface area contributed by atoms with Crippen molar-refractivity contribution in [2.45, 2.75) is 37.4 Å². The van der Waals surface area contributed by atoms with Crippen LogP contribution in [0, 0.1) is 11.3 Å². The lowest BCUT2D eigenvalue weighted by molar-refractivity contribution is -0.160. The number of benzene rings is 1. The molecule has 1 aromatic carbocycles. The van der Waals surface area contributed by atoms with Gasteiger partial charge in [-0.05, 0) is 36.1 Å². The molecule has 31 heavy (non-hydrogen) atoms. The number of anilines is 1. The number of rotatable bonds is 6. The number of pyridine rings is 1. The molecular weight excluding hydrogens is 407 g/mol. The molecule has 1 amide bonds. The summed E-state index contributed by atoms with van der Waals surface area (Å²) in [6.07, 6.45) is -1.62. The van der Waals surface area contributed by atoms with Crippen LogP contribution in [0.4, 0.5) is 19.0 Å². The smallest absolute Gasteiger partial charge is 0.309 e. The Balaban J connectivity index is 1.40. The van der Waals surface area contributed by atoms with Gasteiger partial charge < -0.3 is 5.32 Å². The van der Waals surface area contributed by atoms with E-state index in [1.165, 1.54) is 54.9 Å². The summed E-state index contributed by atoms with van der Waals surface area (Å²) in [5, 5.41) is 15.4. The Morgan fingerprint density at radius 2 is 1.97 bits per heavy atom. The van der Waals surface area contributed by atoms with E-state index in [-0.39, 0.29) is 36.3 Å². The van der Waals surface area contributed by atoms with E-state index in [4.69, 9.17) is 8.00 Å². The fraction of sp³-hybridized carbons (Fsp3) is 0.273. The molecule has 0 aliphatic heterocycles. The molecule has 1 aliphatic rings. The highest BCUT2D eigenvalue weighted by atomic mass is 19.4. The van der Waals surface area contributed by atoms with Gasteiger partial charge in [0.15, 0.2) is 5.82 Å². The zero-order valence-corrected chi connectivity index (χ0v) is 16.1. The van der Waals surface area contributed by atoms with Crippen molar-refractivity contribution in [3.63, 3.8) is 0 Å². The summed E-state index contributed by atoms with van der Waals surface area (Å²) in [5.41, 5.74) is -0.678. The Morgan fingerprint density at radius 1 is 1.23 bits per heavy atom. The summed E-state index contributed by atoms with van der Waals surface area (Å²) in [5.74, 6) is -0.329. The largest absolute Gasteiger partial charge is 0.398 e. The number of aromatic nitrogens is 3. The lowest BCUT2D eigenvalue weighted by Gasteiger charge is -2.19. The summed E-state index contributed by atoms with van der Waals surface area (Å²) >= 11 is 0. The third kappa shape index (κ3) is 4.43. The topological polar surface area (TPSA) is 83.6 Å². The molecule has 0 saturated heterocycles. The highest BCUT2D eigenvalue weighted by Crippen LogP contribution is 2.58. The van der Waals surface area contributed by atoms with Crippen LogP contribution < -0.4 is 5.32 Å². The van der Waals surface area contributed by atoms with E-state index in [0.29, 0.717) is 11.1 Å². The average molecular weight is 427 g/mol. The molecule has 1 fully saturated rings. The third-order valence-electron chi connectivity index (χ3n) is 5.14. The van der Waals surface area contributed by atoms with Crippen LogP contribution in [0.3, 0.4) is 0 Å². The lowest BCUT2D eigenvalue weighted by atomic mass is 9.94. The van der Waals surface area contributed by atoms with Crippen LogP contribution in [0.15, 0.2) is 54.9 Å². The van der Waals surface area contributed by atoms with Gasteiger partial charge in [0.25, 0.3) is 0 Å². The Labute approximate surface area is 179 Å². The molecule has 3 aromatic rings.